The van der Waals surface area contributed by atoms with Crippen molar-refractivity contribution >= 4 is 15.8 Å². The predicted molar refractivity (Wildman–Crippen MR) is 109 cm³/mol. The minimum absolute atomic E-state index is 0.00503. The van der Waals surface area contributed by atoms with Gasteiger partial charge < -0.3 is 4.90 Å². The van der Waals surface area contributed by atoms with Crippen molar-refractivity contribution < 1.29 is 17.6 Å². The van der Waals surface area contributed by atoms with Gasteiger partial charge in [-0.3, -0.25) is 4.79 Å². The number of rotatable bonds is 6. The molecule has 28 heavy (non-hydrogen) atoms. The summed E-state index contributed by atoms with van der Waals surface area (Å²) in [6.07, 6.45) is 6.18. The molecule has 1 saturated carbocycles. The number of nitrogens with zero attached hydrogens (tertiary/aromatic N) is 1. The zero-order chi connectivity index (χ0) is 20.3. The number of piperidine rings is 1. The molecule has 3 rings (SSSR count). The van der Waals surface area contributed by atoms with Crippen molar-refractivity contribution in [2.75, 3.05) is 26.7 Å². The first-order valence-corrected chi connectivity index (χ1v) is 11.8. The number of carbonyl (C=O) groups is 1. The molecular weight excluding hydrogens is 379 g/mol. The van der Waals surface area contributed by atoms with Crippen LogP contribution in [-0.2, 0) is 10.0 Å². The molecule has 1 saturated heterocycles. The largest absolute Gasteiger partial charge is 0.306 e. The molecule has 1 aromatic rings. The summed E-state index contributed by atoms with van der Waals surface area (Å²) >= 11 is 0. The summed E-state index contributed by atoms with van der Waals surface area (Å²) in [4.78, 5) is 14.9. The number of ketones is 1. The van der Waals surface area contributed by atoms with Gasteiger partial charge in [-0.05, 0) is 69.3 Å². The van der Waals surface area contributed by atoms with E-state index in [-0.39, 0.29) is 18.0 Å². The van der Waals surface area contributed by atoms with Crippen LogP contribution in [0.5, 0.6) is 0 Å². The molecule has 1 heterocycles. The van der Waals surface area contributed by atoms with E-state index in [1.54, 1.807) is 13.0 Å². The highest BCUT2D eigenvalue weighted by atomic mass is 32.2. The highest BCUT2D eigenvalue weighted by Gasteiger charge is 2.28. The third-order valence-electron chi connectivity index (χ3n) is 6.10. The second kappa shape index (κ2) is 9.01. The first-order valence-electron chi connectivity index (χ1n) is 10.3. The Morgan fingerprint density at radius 3 is 2.57 bits per heavy atom. The van der Waals surface area contributed by atoms with Crippen LogP contribution < -0.4 is 4.72 Å². The van der Waals surface area contributed by atoms with Crippen LogP contribution in [0.25, 0.3) is 0 Å². The van der Waals surface area contributed by atoms with Crippen molar-refractivity contribution in [2.24, 2.45) is 0 Å². The number of carbonyl (C=O) groups excluding carboxylic acids is 1. The fourth-order valence-electron chi connectivity index (χ4n) is 4.43. The monoisotopic (exact) mass is 410 g/mol. The Morgan fingerprint density at radius 1 is 1.18 bits per heavy atom. The molecule has 0 radical (unpaired) electrons. The quantitative estimate of drug-likeness (QED) is 0.730. The lowest BCUT2D eigenvalue weighted by Crippen LogP contribution is -2.38. The van der Waals surface area contributed by atoms with Gasteiger partial charge in [-0.1, -0.05) is 25.3 Å². The number of likely N-dealkylation sites (N-methyl/N-ethyl adjacent to an activating group) is 1. The maximum atomic E-state index is 14.6. The van der Waals surface area contributed by atoms with Crippen molar-refractivity contribution in [1.82, 2.24) is 9.62 Å². The number of likely N-dealkylation sites (tertiary alicyclic amines) is 1. The van der Waals surface area contributed by atoms with Crippen LogP contribution >= 0.6 is 0 Å². The molecule has 1 N–H and O–H groups in total. The lowest BCUT2D eigenvalue weighted by Gasteiger charge is -2.30. The number of aryl methyl sites for hydroxylation is 1. The molecule has 0 spiro atoms. The van der Waals surface area contributed by atoms with E-state index in [0.29, 0.717) is 18.4 Å². The lowest BCUT2D eigenvalue weighted by atomic mass is 9.88. The fourth-order valence-corrected chi connectivity index (χ4v) is 5.95. The molecule has 156 valence electrons. The van der Waals surface area contributed by atoms with Crippen LogP contribution in [0.1, 0.15) is 72.3 Å². The second-order valence-corrected chi connectivity index (χ2v) is 10.4. The van der Waals surface area contributed by atoms with Crippen LogP contribution in [0.15, 0.2) is 12.1 Å². The average molecular weight is 411 g/mol. The van der Waals surface area contributed by atoms with Gasteiger partial charge >= 0.3 is 0 Å². The predicted octanol–water partition coefficient (Wildman–Crippen LogP) is 3.38. The Hall–Kier alpha value is -1.31. The van der Waals surface area contributed by atoms with Crippen molar-refractivity contribution in [1.29, 1.82) is 0 Å². The summed E-state index contributed by atoms with van der Waals surface area (Å²) in [5, 5.41) is -0.440. The van der Waals surface area contributed by atoms with Gasteiger partial charge in [0, 0.05) is 6.54 Å². The summed E-state index contributed by atoms with van der Waals surface area (Å²) < 4.78 is 42.0. The van der Waals surface area contributed by atoms with E-state index in [4.69, 9.17) is 0 Å². The summed E-state index contributed by atoms with van der Waals surface area (Å²) in [6.45, 7) is 3.20. The van der Waals surface area contributed by atoms with Crippen molar-refractivity contribution in [3.63, 3.8) is 0 Å². The topological polar surface area (TPSA) is 66.5 Å². The highest BCUT2D eigenvalue weighted by molar-refractivity contribution is 7.90. The average Bonchev–Trinajstić information content (AvgIpc) is 2.69. The van der Waals surface area contributed by atoms with Crippen molar-refractivity contribution in [3.8, 4) is 0 Å². The van der Waals surface area contributed by atoms with E-state index < -0.39 is 26.9 Å². The second-order valence-electron chi connectivity index (χ2n) is 8.35. The first kappa shape index (κ1) is 21.4. The Morgan fingerprint density at radius 2 is 1.89 bits per heavy atom. The minimum atomic E-state index is -3.55. The Labute approximate surface area is 167 Å². The van der Waals surface area contributed by atoms with Crippen molar-refractivity contribution in [2.45, 2.75) is 63.0 Å². The van der Waals surface area contributed by atoms with Gasteiger partial charge in [-0.2, -0.15) is 0 Å². The molecule has 0 bridgehead atoms. The Kier molecular flexibility index (Phi) is 6.89. The molecule has 1 aliphatic heterocycles. The van der Waals surface area contributed by atoms with Gasteiger partial charge in [0.05, 0.1) is 17.4 Å². The van der Waals surface area contributed by atoms with Gasteiger partial charge in [-0.15, -0.1) is 0 Å². The zero-order valence-electron chi connectivity index (χ0n) is 16.8. The highest BCUT2D eigenvalue weighted by Crippen LogP contribution is 2.29. The van der Waals surface area contributed by atoms with Gasteiger partial charge in [0.15, 0.2) is 5.78 Å². The summed E-state index contributed by atoms with van der Waals surface area (Å²) in [6, 6.07) is 3.45. The summed E-state index contributed by atoms with van der Waals surface area (Å²) in [5.41, 5.74) is 1.39. The van der Waals surface area contributed by atoms with E-state index in [1.165, 1.54) is 0 Å². The van der Waals surface area contributed by atoms with Gasteiger partial charge in [0.1, 0.15) is 5.82 Å². The minimum Gasteiger partial charge on any atom is -0.306 e. The number of halogens is 1. The number of nitrogens with one attached hydrogen (secondary N) is 1. The van der Waals surface area contributed by atoms with Crippen LogP contribution in [0, 0.1) is 12.7 Å². The van der Waals surface area contributed by atoms with E-state index in [1.807, 2.05) is 6.07 Å². The molecule has 1 aliphatic carbocycles. The normalized spacial score (nSPS) is 22.3. The standard InChI is InChI=1S/C21H31FN2O3S/c1-15-11-17(16-7-6-10-24(2)14-16)12-19(21(15)22)20(25)13-23-28(26,27)18-8-4-3-5-9-18/h11-12,16,18,23H,3-10,13-14H2,1-2H3. The zero-order valence-corrected chi connectivity index (χ0v) is 17.7. The van der Waals surface area contributed by atoms with E-state index in [0.717, 1.165) is 50.8 Å². The molecule has 1 unspecified atom stereocenters. The number of sulfonamides is 1. The van der Waals surface area contributed by atoms with Crippen LogP contribution in [0.4, 0.5) is 4.39 Å². The SMILES string of the molecule is Cc1cc(C2CCCN(C)C2)cc(C(=O)CNS(=O)(=O)C2CCCCC2)c1F. The van der Waals surface area contributed by atoms with Crippen LogP contribution in [0.2, 0.25) is 0 Å². The van der Waals surface area contributed by atoms with E-state index >= 15 is 0 Å². The van der Waals surface area contributed by atoms with Crippen LogP contribution in [-0.4, -0.2) is 51.0 Å². The molecular formula is C21H31FN2O3S. The molecule has 2 fully saturated rings. The molecule has 0 amide bonds. The Balaban J connectivity index is 1.73. The van der Waals surface area contributed by atoms with E-state index in [2.05, 4.69) is 16.7 Å². The number of hydrogen-bond acceptors (Lipinski definition) is 4. The molecule has 1 aromatic carbocycles. The molecule has 2 aliphatic rings. The molecule has 7 heteroatoms. The fraction of sp³-hybridized carbons (Fsp3) is 0.667. The number of hydrogen-bond donors (Lipinski definition) is 1. The number of benzene rings is 1. The molecule has 0 aromatic heterocycles. The van der Waals surface area contributed by atoms with Gasteiger partial charge in [0.25, 0.3) is 0 Å². The number of Topliss-reactive ketones (excluding diaryl/α,β-unsaturated/α-hetero) is 1. The third-order valence-corrected chi connectivity index (χ3v) is 7.99. The van der Waals surface area contributed by atoms with Crippen LogP contribution in [0.3, 0.4) is 0 Å². The molecule has 5 nitrogen and oxygen atoms in total. The van der Waals surface area contributed by atoms with Gasteiger partial charge in [0.2, 0.25) is 10.0 Å². The molecule has 1 atom stereocenters. The lowest BCUT2D eigenvalue weighted by molar-refractivity contribution is 0.0992. The smallest absolute Gasteiger partial charge is 0.214 e. The first-order chi connectivity index (χ1) is 13.3. The van der Waals surface area contributed by atoms with Gasteiger partial charge in [-0.25, -0.2) is 17.5 Å². The summed E-state index contributed by atoms with van der Waals surface area (Å²) in [5.74, 6) is -0.788. The third kappa shape index (κ3) is 4.99. The van der Waals surface area contributed by atoms with Crippen molar-refractivity contribution in [3.05, 3.63) is 34.6 Å². The maximum Gasteiger partial charge on any atom is 0.214 e. The Bertz CT molecular complexity index is 819. The summed E-state index contributed by atoms with van der Waals surface area (Å²) in [7, 11) is -1.48. The maximum absolute atomic E-state index is 14.6. The van der Waals surface area contributed by atoms with E-state index in [9.17, 15) is 17.6 Å².